The van der Waals surface area contributed by atoms with Crippen LogP contribution in [0.15, 0.2) is 89.8 Å². The molecule has 0 atom stereocenters. The predicted octanol–water partition coefficient (Wildman–Crippen LogP) is 2.93. The Morgan fingerprint density at radius 2 is 1.46 bits per heavy atom. The van der Waals surface area contributed by atoms with Crippen molar-refractivity contribution in [2.45, 2.75) is 24.3 Å². The van der Waals surface area contributed by atoms with Crippen LogP contribution < -0.4 is 20.3 Å². The van der Waals surface area contributed by atoms with Crippen molar-refractivity contribution in [3.8, 4) is 0 Å². The van der Waals surface area contributed by atoms with E-state index in [0.717, 1.165) is 31.5 Å². The molecule has 0 aliphatic carbocycles. The fourth-order valence-electron chi connectivity index (χ4n) is 4.23. The molecule has 1 aliphatic rings. The first-order valence-electron chi connectivity index (χ1n) is 12.4. The van der Waals surface area contributed by atoms with Gasteiger partial charge < -0.3 is 16.0 Å². The van der Waals surface area contributed by atoms with Crippen LogP contribution in [0.4, 0.5) is 5.69 Å². The monoisotopic (exact) mass is 520 g/mol. The largest absolute Gasteiger partial charge is 0.354 e. The maximum Gasteiger partial charge on any atom is 0.264 e. The molecule has 0 aromatic heterocycles. The Morgan fingerprint density at radius 1 is 0.838 bits per heavy atom. The first kappa shape index (κ1) is 26.4. The zero-order chi connectivity index (χ0) is 26.1. The SMILES string of the molecule is O=C(CNC(=O)c1ccc(S(=O)(=O)N(Cc2ccccc2)c2ccccc2)cc1)NCC1CCNCC1. The molecule has 0 spiro atoms. The van der Waals surface area contributed by atoms with Gasteiger partial charge in [-0.05, 0) is 73.8 Å². The van der Waals surface area contributed by atoms with Crippen LogP contribution in [0.2, 0.25) is 0 Å². The minimum atomic E-state index is -3.91. The summed E-state index contributed by atoms with van der Waals surface area (Å²) in [6.07, 6.45) is 2.05. The van der Waals surface area contributed by atoms with E-state index in [0.29, 0.717) is 18.2 Å². The van der Waals surface area contributed by atoms with Gasteiger partial charge in [-0.2, -0.15) is 0 Å². The third kappa shape index (κ3) is 7.18. The van der Waals surface area contributed by atoms with Crippen molar-refractivity contribution >= 4 is 27.5 Å². The molecule has 3 N–H and O–H groups in total. The zero-order valence-corrected chi connectivity index (χ0v) is 21.4. The average molecular weight is 521 g/mol. The number of piperidine rings is 1. The second-order valence-electron chi connectivity index (χ2n) is 9.04. The van der Waals surface area contributed by atoms with Gasteiger partial charge in [-0.25, -0.2) is 8.42 Å². The molecule has 8 nitrogen and oxygen atoms in total. The van der Waals surface area contributed by atoms with Gasteiger partial charge in [0.25, 0.3) is 15.9 Å². The van der Waals surface area contributed by atoms with E-state index in [9.17, 15) is 18.0 Å². The topological polar surface area (TPSA) is 108 Å². The number of para-hydroxylation sites is 1. The van der Waals surface area contributed by atoms with Crippen molar-refractivity contribution in [2.75, 3.05) is 30.5 Å². The van der Waals surface area contributed by atoms with E-state index in [4.69, 9.17) is 0 Å². The van der Waals surface area contributed by atoms with Crippen LogP contribution in [0.25, 0.3) is 0 Å². The number of hydrogen-bond acceptors (Lipinski definition) is 5. The fourth-order valence-corrected chi connectivity index (χ4v) is 5.69. The Hall–Kier alpha value is -3.69. The van der Waals surface area contributed by atoms with Gasteiger partial charge in [0.1, 0.15) is 0 Å². The number of carbonyl (C=O) groups excluding carboxylic acids is 2. The highest BCUT2D eigenvalue weighted by Crippen LogP contribution is 2.26. The minimum absolute atomic E-state index is 0.0727. The van der Waals surface area contributed by atoms with Gasteiger partial charge in [0.2, 0.25) is 5.91 Å². The summed E-state index contributed by atoms with van der Waals surface area (Å²) in [5, 5.41) is 8.76. The molecule has 1 fully saturated rings. The standard InChI is InChI=1S/C28H32N4O4S/c33-27(30-19-22-15-17-29-18-16-22)20-31-28(34)24-11-13-26(14-12-24)37(35,36)32(25-9-5-2-6-10-25)21-23-7-3-1-4-8-23/h1-14,22,29H,15-21H2,(H,30,33)(H,31,34). The second kappa shape index (κ2) is 12.5. The Labute approximate surface area is 218 Å². The average Bonchev–Trinajstić information content (AvgIpc) is 2.95. The van der Waals surface area contributed by atoms with Crippen molar-refractivity contribution in [1.82, 2.24) is 16.0 Å². The summed E-state index contributed by atoms with van der Waals surface area (Å²) in [6, 6.07) is 24.0. The molecule has 0 bridgehead atoms. The third-order valence-corrected chi connectivity index (χ3v) is 8.16. The second-order valence-corrected chi connectivity index (χ2v) is 10.9. The van der Waals surface area contributed by atoms with Gasteiger partial charge in [-0.1, -0.05) is 48.5 Å². The Balaban J connectivity index is 1.40. The number of anilines is 1. The molecule has 2 amide bonds. The summed E-state index contributed by atoms with van der Waals surface area (Å²) in [7, 11) is -3.91. The van der Waals surface area contributed by atoms with Crippen molar-refractivity contribution in [3.63, 3.8) is 0 Å². The molecule has 37 heavy (non-hydrogen) atoms. The maximum atomic E-state index is 13.6. The first-order chi connectivity index (χ1) is 17.9. The van der Waals surface area contributed by atoms with E-state index in [-0.39, 0.29) is 29.5 Å². The Bertz CT molecular complexity index is 1280. The van der Waals surface area contributed by atoms with Gasteiger partial charge >= 0.3 is 0 Å². The van der Waals surface area contributed by atoms with Crippen LogP contribution in [0.5, 0.6) is 0 Å². The number of hydrogen-bond donors (Lipinski definition) is 3. The van der Waals surface area contributed by atoms with Crippen molar-refractivity contribution in [2.24, 2.45) is 5.92 Å². The normalized spacial score (nSPS) is 14.1. The Kier molecular flexibility index (Phi) is 8.92. The highest BCUT2D eigenvalue weighted by Gasteiger charge is 2.25. The van der Waals surface area contributed by atoms with Gasteiger partial charge in [0.15, 0.2) is 0 Å². The Morgan fingerprint density at radius 3 is 2.11 bits per heavy atom. The molecule has 1 saturated heterocycles. The molecule has 3 aromatic rings. The van der Waals surface area contributed by atoms with Gasteiger partial charge in [0.05, 0.1) is 23.7 Å². The quantitative estimate of drug-likeness (QED) is 0.381. The van der Waals surface area contributed by atoms with E-state index in [2.05, 4.69) is 16.0 Å². The summed E-state index contributed by atoms with van der Waals surface area (Å²) in [5.41, 5.74) is 1.67. The van der Waals surface area contributed by atoms with Crippen molar-refractivity contribution < 1.29 is 18.0 Å². The number of amides is 2. The molecule has 0 saturated carbocycles. The highest BCUT2D eigenvalue weighted by atomic mass is 32.2. The van der Waals surface area contributed by atoms with Crippen LogP contribution in [0.3, 0.4) is 0 Å². The molecule has 4 rings (SSSR count). The van der Waals surface area contributed by atoms with Crippen molar-refractivity contribution in [1.29, 1.82) is 0 Å². The lowest BCUT2D eigenvalue weighted by Gasteiger charge is -2.25. The minimum Gasteiger partial charge on any atom is -0.354 e. The first-order valence-corrected chi connectivity index (χ1v) is 13.8. The summed E-state index contributed by atoms with van der Waals surface area (Å²) in [4.78, 5) is 24.8. The smallest absolute Gasteiger partial charge is 0.264 e. The predicted molar refractivity (Wildman–Crippen MR) is 144 cm³/mol. The number of carbonyl (C=O) groups is 2. The van der Waals surface area contributed by atoms with E-state index in [1.165, 1.54) is 28.6 Å². The van der Waals surface area contributed by atoms with Crippen LogP contribution in [0.1, 0.15) is 28.8 Å². The van der Waals surface area contributed by atoms with Crippen molar-refractivity contribution in [3.05, 3.63) is 96.1 Å². The molecule has 0 radical (unpaired) electrons. The lowest BCUT2D eigenvalue weighted by Crippen LogP contribution is -2.40. The fraction of sp³-hybridized carbons (Fsp3) is 0.286. The molecule has 3 aromatic carbocycles. The lowest BCUT2D eigenvalue weighted by atomic mass is 9.98. The lowest BCUT2D eigenvalue weighted by molar-refractivity contribution is -0.120. The summed E-state index contributed by atoms with van der Waals surface area (Å²) >= 11 is 0. The van der Waals surface area contributed by atoms with E-state index >= 15 is 0 Å². The number of sulfonamides is 1. The molecule has 1 heterocycles. The maximum absolute atomic E-state index is 13.6. The van der Waals surface area contributed by atoms with Crippen LogP contribution in [0, 0.1) is 5.92 Å². The van der Waals surface area contributed by atoms with Gasteiger partial charge in [-0.3, -0.25) is 13.9 Å². The molecule has 1 aliphatic heterocycles. The third-order valence-electron chi connectivity index (χ3n) is 6.37. The van der Waals surface area contributed by atoms with E-state index < -0.39 is 15.9 Å². The van der Waals surface area contributed by atoms with Crippen LogP contribution in [-0.4, -0.2) is 46.4 Å². The molecule has 9 heteroatoms. The zero-order valence-electron chi connectivity index (χ0n) is 20.6. The van der Waals surface area contributed by atoms with E-state index in [1.54, 1.807) is 24.3 Å². The van der Waals surface area contributed by atoms with Gasteiger partial charge in [-0.15, -0.1) is 0 Å². The van der Waals surface area contributed by atoms with Crippen LogP contribution >= 0.6 is 0 Å². The molecule has 0 unspecified atom stereocenters. The molecule has 194 valence electrons. The number of nitrogens with zero attached hydrogens (tertiary/aromatic N) is 1. The van der Waals surface area contributed by atoms with E-state index in [1.807, 2.05) is 36.4 Å². The van der Waals surface area contributed by atoms with Gasteiger partial charge in [0, 0.05) is 12.1 Å². The number of rotatable bonds is 10. The molecular weight excluding hydrogens is 488 g/mol. The van der Waals surface area contributed by atoms with Crippen LogP contribution in [-0.2, 0) is 21.4 Å². The number of nitrogens with one attached hydrogen (secondary N) is 3. The number of benzene rings is 3. The summed E-state index contributed by atoms with van der Waals surface area (Å²) < 4.78 is 28.6. The summed E-state index contributed by atoms with van der Waals surface area (Å²) in [5.74, 6) is -0.233. The highest BCUT2D eigenvalue weighted by molar-refractivity contribution is 7.92. The molecular formula is C28H32N4O4S. The summed E-state index contributed by atoms with van der Waals surface area (Å²) in [6.45, 7) is 2.55.